The third kappa shape index (κ3) is 2.21. The molecule has 3 rings (SSSR count). The average Bonchev–Trinajstić information content (AvgIpc) is 2.96. The highest BCUT2D eigenvalue weighted by atomic mass is 16.5. The van der Waals surface area contributed by atoms with Crippen LogP contribution in [0.25, 0.3) is 0 Å². The van der Waals surface area contributed by atoms with Gasteiger partial charge in [0.2, 0.25) is 0 Å². The summed E-state index contributed by atoms with van der Waals surface area (Å²) in [6.07, 6.45) is 8.77. The van der Waals surface area contributed by atoms with E-state index in [4.69, 9.17) is 4.74 Å². The first-order valence-corrected chi connectivity index (χ1v) is 7.91. The molecule has 3 aliphatic rings. The lowest BCUT2D eigenvalue weighted by Gasteiger charge is -2.39. The van der Waals surface area contributed by atoms with Crippen molar-refractivity contribution in [1.82, 2.24) is 10.2 Å². The van der Waals surface area contributed by atoms with Gasteiger partial charge in [0.1, 0.15) is 0 Å². The van der Waals surface area contributed by atoms with Crippen molar-refractivity contribution in [1.29, 1.82) is 0 Å². The van der Waals surface area contributed by atoms with Crippen LogP contribution in [0.1, 0.15) is 52.4 Å². The van der Waals surface area contributed by atoms with Crippen molar-refractivity contribution in [2.45, 2.75) is 76.2 Å². The van der Waals surface area contributed by atoms with E-state index in [1.807, 2.05) is 0 Å². The van der Waals surface area contributed by atoms with Crippen LogP contribution in [-0.4, -0.2) is 48.3 Å². The standard InChI is InChI=1S/C15H28N2O/c1-3-15(4-2)11-17(9-5-8-16-15)13-10-12-6-7-14(13)18-12/h12-14,16H,3-11H2,1-2H3. The monoisotopic (exact) mass is 252 g/mol. The Bertz CT molecular complexity index is 290. The largest absolute Gasteiger partial charge is 0.373 e. The molecule has 18 heavy (non-hydrogen) atoms. The molecular formula is C15H28N2O. The number of hydrogen-bond donors (Lipinski definition) is 1. The molecule has 1 N–H and O–H groups in total. The zero-order valence-corrected chi connectivity index (χ0v) is 12.0. The van der Waals surface area contributed by atoms with E-state index in [1.165, 1.54) is 58.2 Å². The van der Waals surface area contributed by atoms with E-state index in [0.717, 1.165) is 0 Å². The van der Waals surface area contributed by atoms with E-state index in [2.05, 4.69) is 24.1 Å². The van der Waals surface area contributed by atoms with Crippen molar-refractivity contribution in [3.05, 3.63) is 0 Å². The normalized spacial score (nSPS) is 40.0. The average molecular weight is 252 g/mol. The van der Waals surface area contributed by atoms with Crippen LogP contribution in [0.2, 0.25) is 0 Å². The maximum atomic E-state index is 6.05. The van der Waals surface area contributed by atoms with Gasteiger partial charge in [-0.05, 0) is 51.6 Å². The Morgan fingerprint density at radius 2 is 2.11 bits per heavy atom. The van der Waals surface area contributed by atoms with Crippen LogP contribution in [0, 0.1) is 0 Å². The highest BCUT2D eigenvalue weighted by Gasteiger charge is 2.45. The first-order valence-electron chi connectivity index (χ1n) is 7.91. The minimum atomic E-state index is 0.346. The van der Waals surface area contributed by atoms with Crippen molar-refractivity contribution in [3.8, 4) is 0 Å². The summed E-state index contributed by atoms with van der Waals surface area (Å²) in [6.45, 7) is 8.32. The number of fused-ring (bicyclic) bond motifs is 2. The van der Waals surface area contributed by atoms with Crippen LogP contribution >= 0.6 is 0 Å². The van der Waals surface area contributed by atoms with Gasteiger partial charge in [-0.15, -0.1) is 0 Å². The Morgan fingerprint density at radius 3 is 2.72 bits per heavy atom. The Balaban J connectivity index is 1.71. The van der Waals surface area contributed by atoms with Gasteiger partial charge < -0.3 is 10.1 Å². The van der Waals surface area contributed by atoms with E-state index in [-0.39, 0.29) is 0 Å². The van der Waals surface area contributed by atoms with Crippen LogP contribution in [0.4, 0.5) is 0 Å². The number of nitrogens with one attached hydrogen (secondary N) is 1. The second-order valence-electron chi connectivity index (χ2n) is 6.42. The molecule has 0 radical (unpaired) electrons. The molecule has 0 saturated carbocycles. The van der Waals surface area contributed by atoms with E-state index in [9.17, 15) is 0 Å². The van der Waals surface area contributed by atoms with E-state index >= 15 is 0 Å². The quantitative estimate of drug-likeness (QED) is 0.833. The molecule has 3 saturated heterocycles. The molecule has 3 fully saturated rings. The second-order valence-corrected chi connectivity index (χ2v) is 6.42. The van der Waals surface area contributed by atoms with Gasteiger partial charge in [-0.3, -0.25) is 4.90 Å². The Kier molecular flexibility index (Phi) is 3.65. The molecule has 3 aliphatic heterocycles. The van der Waals surface area contributed by atoms with Crippen molar-refractivity contribution < 1.29 is 4.74 Å². The molecule has 3 unspecified atom stereocenters. The minimum Gasteiger partial charge on any atom is -0.373 e. The van der Waals surface area contributed by atoms with Crippen LogP contribution in [0.3, 0.4) is 0 Å². The van der Waals surface area contributed by atoms with Crippen LogP contribution in [-0.2, 0) is 4.74 Å². The van der Waals surface area contributed by atoms with Crippen molar-refractivity contribution >= 4 is 0 Å². The Hall–Kier alpha value is -0.120. The maximum absolute atomic E-state index is 6.05. The molecule has 3 heterocycles. The predicted molar refractivity (Wildman–Crippen MR) is 73.8 cm³/mol. The summed E-state index contributed by atoms with van der Waals surface area (Å²) in [5.74, 6) is 0. The minimum absolute atomic E-state index is 0.346. The topological polar surface area (TPSA) is 24.5 Å². The third-order valence-electron chi connectivity index (χ3n) is 5.52. The Labute approximate surface area is 111 Å². The molecule has 3 nitrogen and oxygen atoms in total. The molecular weight excluding hydrogens is 224 g/mol. The zero-order valence-electron chi connectivity index (χ0n) is 12.0. The lowest BCUT2D eigenvalue weighted by atomic mass is 9.89. The molecule has 0 aromatic carbocycles. The van der Waals surface area contributed by atoms with Crippen molar-refractivity contribution in [2.75, 3.05) is 19.6 Å². The fraction of sp³-hybridized carbons (Fsp3) is 1.00. The van der Waals surface area contributed by atoms with Gasteiger partial charge in [0.15, 0.2) is 0 Å². The van der Waals surface area contributed by atoms with Gasteiger partial charge in [-0.2, -0.15) is 0 Å². The maximum Gasteiger partial charge on any atom is 0.0735 e. The van der Waals surface area contributed by atoms with E-state index in [0.29, 0.717) is 23.8 Å². The lowest BCUT2D eigenvalue weighted by Crippen LogP contribution is -2.54. The number of nitrogens with zero attached hydrogens (tertiary/aromatic N) is 1. The second kappa shape index (κ2) is 5.10. The van der Waals surface area contributed by atoms with Crippen LogP contribution in [0.15, 0.2) is 0 Å². The fourth-order valence-electron chi connectivity index (χ4n) is 4.16. The molecule has 3 atom stereocenters. The van der Waals surface area contributed by atoms with Gasteiger partial charge in [-0.25, -0.2) is 0 Å². The zero-order chi connectivity index (χ0) is 12.6. The van der Waals surface area contributed by atoms with Gasteiger partial charge in [0.25, 0.3) is 0 Å². The summed E-state index contributed by atoms with van der Waals surface area (Å²) in [4.78, 5) is 2.75. The first kappa shape index (κ1) is 12.9. The number of ether oxygens (including phenoxy) is 1. The first-order chi connectivity index (χ1) is 8.76. The molecule has 104 valence electrons. The summed E-state index contributed by atoms with van der Waals surface area (Å²) in [6, 6.07) is 0.709. The molecule has 0 amide bonds. The summed E-state index contributed by atoms with van der Waals surface area (Å²) in [5, 5.41) is 3.81. The summed E-state index contributed by atoms with van der Waals surface area (Å²) in [7, 11) is 0. The lowest BCUT2D eigenvalue weighted by molar-refractivity contribution is 0.0615. The fourth-order valence-corrected chi connectivity index (χ4v) is 4.16. The molecule has 0 aromatic rings. The molecule has 3 heteroatoms. The van der Waals surface area contributed by atoms with E-state index in [1.54, 1.807) is 0 Å². The molecule has 2 bridgehead atoms. The number of hydrogen-bond acceptors (Lipinski definition) is 3. The molecule has 0 spiro atoms. The van der Waals surface area contributed by atoms with Crippen LogP contribution in [0.5, 0.6) is 0 Å². The summed E-state index contributed by atoms with van der Waals surface area (Å²) in [5.41, 5.74) is 0.346. The van der Waals surface area contributed by atoms with Gasteiger partial charge >= 0.3 is 0 Å². The highest BCUT2D eigenvalue weighted by molar-refractivity contribution is 4.99. The van der Waals surface area contributed by atoms with E-state index < -0.39 is 0 Å². The summed E-state index contributed by atoms with van der Waals surface area (Å²) < 4.78 is 6.05. The predicted octanol–water partition coefficient (Wildman–Crippen LogP) is 2.16. The van der Waals surface area contributed by atoms with Gasteiger partial charge in [0, 0.05) is 18.1 Å². The third-order valence-corrected chi connectivity index (χ3v) is 5.52. The smallest absolute Gasteiger partial charge is 0.0735 e. The van der Waals surface area contributed by atoms with Crippen LogP contribution < -0.4 is 5.32 Å². The van der Waals surface area contributed by atoms with Crippen molar-refractivity contribution in [3.63, 3.8) is 0 Å². The molecule has 0 aliphatic carbocycles. The summed E-state index contributed by atoms with van der Waals surface area (Å²) >= 11 is 0. The number of rotatable bonds is 3. The molecule has 0 aromatic heterocycles. The van der Waals surface area contributed by atoms with Gasteiger partial charge in [0.05, 0.1) is 12.2 Å². The highest BCUT2D eigenvalue weighted by Crippen LogP contribution is 2.38. The van der Waals surface area contributed by atoms with Crippen molar-refractivity contribution in [2.24, 2.45) is 0 Å². The Morgan fingerprint density at radius 1 is 1.28 bits per heavy atom. The SMILES string of the molecule is CCC1(CC)CN(C2CC3CCC2O3)CCCN1. The van der Waals surface area contributed by atoms with Gasteiger partial charge in [-0.1, -0.05) is 13.8 Å².